The van der Waals surface area contributed by atoms with Gasteiger partial charge in [0.25, 0.3) is 5.91 Å². The zero-order valence-electron chi connectivity index (χ0n) is 12.1. The molecule has 2 aromatic rings. The van der Waals surface area contributed by atoms with Gasteiger partial charge >= 0.3 is 5.97 Å². The molecule has 8 heteroatoms. The third kappa shape index (κ3) is 5.37. The number of nitrogens with one attached hydrogen (secondary N) is 1. The summed E-state index contributed by atoms with van der Waals surface area (Å²) in [6, 6.07) is 8.24. The maximum atomic E-state index is 12.8. The highest BCUT2D eigenvalue weighted by atomic mass is 35.5. The molecular formula is C16H11Cl3FNO3. The molecule has 0 saturated heterocycles. The summed E-state index contributed by atoms with van der Waals surface area (Å²) in [7, 11) is 0. The smallest absolute Gasteiger partial charge is 0.310 e. The minimum atomic E-state index is -0.620. The highest BCUT2D eigenvalue weighted by molar-refractivity contribution is 6.42. The molecule has 0 aliphatic heterocycles. The molecule has 2 aromatic carbocycles. The van der Waals surface area contributed by atoms with Gasteiger partial charge in [-0.15, -0.1) is 0 Å². The Morgan fingerprint density at radius 2 is 1.62 bits per heavy atom. The van der Waals surface area contributed by atoms with Crippen LogP contribution in [0.25, 0.3) is 0 Å². The van der Waals surface area contributed by atoms with Crippen molar-refractivity contribution in [3.8, 4) is 0 Å². The van der Waals surface area contributed by atoms with Gasteiger partial charge in [-0.1, -0.05) is 46.9 Å². The highest BCUT2D eigenvalue weighted by Gasteiger charge is 2.13. The molecule has 126 valence electrons. The molecule has 0 aliphatic rings. The van der Waals surface area contributed by atoms with E-state index in [4.69, 9.17) is 39.5 Å². The van der Waals surface area contributed by atoms with Gasteiger partial charge in [0.1, 0.15) is 5.82 Å². The molecule has 1 amide bonds. The van der Waals surface area contributed by atoms with Crippen molar-refractivity contribution in [2.75, 3.05) is 11.9 Å². The average molecular weight is 391 g/mol. The Balaban J connectivity index is 1.87. The van der Waals surface area contributed by atoms with Crippen molar-refractivity contribution in [1.29, 1.82) is 0 Å². The quantitative estimate of drug-likeness (QED) is 0.764. The van der Waals surface area contributed by atoms with E-state index >= 15 is 0 Å². The number of ether oxygens (including phenoxy) is 1. The molecule has 0 aliphatic carbocycles. The van der Waals surface area contributed by atoms with Crippen LogP contribution in [0.5, 0.6) is 0 Å². The summed E-state index contributed by atoms with van der Waals surface area (Å²) in [6.07, 6.45) is -0.0734. The lowest BCUT2D eigenvalue weighted by atomic mass is 10.1. The summed E-state index contributed by atoms with van der Waals surface area (Å²) in [6.45, 7) is -0.505. The Morgan fingerprint density at radius 3 is 2.21 bits per heavy atom. The normalized spacial score (nSPS) is 10.3. The molecule has 4 nitrogen and oxygen atoms in total. The van der Waals surface area contributed by atoms with Crippen LogP contribution in [0.4, 0.5) is 10.1 Å². The zero-order chi connectivity index (χ0) is 17.7. The molecule has 0 unspecified atom stereocenters. The number of carbonyl (C=O) groups excluding carboxylic acids is 2. The first kappa shape index (κ1) is 18.5. The number of halogens is 4. The first-order valence-corrected chi connectivity index (χ1v) is 7.83. The van der Waals surface area contributed by atoms with E-state index in [0.29, 0.717) is 10.6 Å². The third-order valence-corrected chi connectivity index (χ3v) is 3.71. The summed E-state index contributed by atoms with van der Waals surface area (Å²) in [5, 5.41) is 3.10. The third-order valence-electron chi connectivity index (χ3n) is 2.90. The second-order valence-corrected chi connectivity index (χ2v) is 6.01. The van der Waals surface area contributed by atoms with Gasteiger partial charge in [-0.25, -0.2) is 4.39 Å². The SMILES string of the molecule is O=C(COC(=O)Cc1ccc(F)cc1)Nc1c(Cl)cc(Cl)cc1Cl. The van der Waals surface area contributed by atoms with Crippen molar-refractivity contribution in [3.05, 3.63) is 62.8 Å². The molecule has 2 rings (SSSR count). The second kappa shape index (κ2) is 8.33. The standard InChI is InChI=1S/C16H11Cl3FNO3/c17-10-6-12(18)16(13(19)7-10)21-14(22)8-24-15(23)5-9-1-3-11(20)4-2-9/h1-4,6-7H,5,8H2,(H,21,22). The minimum absolute atomic E-state index is 0.0734. The van der Waals surface area contributed by atoms with Gasteiger partial charge in [0, 0.05) is 5.02 Å². The predicted molar refractivity (Wildman–Crippen MR) is 91.2 cm³/mol. The maximum Gasteiger partial charge on any atom is 0.310 e. The van der Waals surface area contributed by atoms with Gasteiger partial charge in [-0.2, -0.15) is 0 Å². The molecule has 0 atom stereocenters. The van der Waals surface area contributed by atoms with Crippen molar-refractivity contribution in [2.24, 2.45) is 0 Å². The van der Waals surface area contributed by atoms with E-state index in [1.165, 1.54) is 36.4 Å². The van der Waals surface area contributed by atoms with Crippen molar-refractivity contribution >= 4 is 52.4 Å². The lowest BCUT2D eigenvalue weighted by Gasteiger charge is -2.10. The van der Waals surface area contributed by atoms with E-state index < -0.39 is 24.3 Å². The van der Waals surface area contributed by atoms with Crippen LogP contribution in [0, 0.1) is 5.82 Å². The highest BCUT2D eigenvalue weighted by Crippen LogP contribution is 2.33. The summed E-state index contributed by atoms with van der Waals surface area (Å²) < 4.78 is 17.6. The largest absolute Gasteiger partial charge is 0.455 e. The van der Waals surface area contributed by atoms with Crippen LogP contribution in [-0.2, 0) is 20.7 Å². The molecule has 0 aromatic heterocycles. The van der Waals surface area contributed by atoms with E-state index in [9.17, 15) is 14.0 Å². The number of anilines is 1. The molecule has 0 saturated carbocycles. The van der Waals surface area contributed by atoms with Crippen LogP contribution in [0.3, 0.4) is 0 Å². The minimum Gasteiger partial charge on any atom is -0.455 e. The Labute approximate surface area is 152 Å². The first-order chi connectivity index (χ1) is 11.3. The molecule has 0 spiro atoms. The van der Waals surface area contributed by atoms with Gasteiger partial charge < -0.3 is 10.1 Å². The number of hydrogen-bond donors (Lipinski definition) is 1. The van der Waals surface area contributed by atoms with E-state index in [1.54, 1.807) is 0 Å². The molecular weight excluding hydrogens is 380 g/mol. The second-order valence-electron chi connectivity index (χ2n) is 4.76. The van der Waals surface area contributed by atoms with Crippen LogP contribution >= 0.6 is 34.8 Å². The fraction of sp³-hybridized carbons (Fsp3) is 0.125. The van der Waals surface area contributed by atoms with Gasteiger partial charge in [-0.3, -0.25) is 9.59 Å². The lowest BCUT2D eigenvalue weighted by Crippen LogP contribution is -2.22. The van der Waals surface area contributed by atoms with E-state index in [1.807, 2.05) is 0 Å². The van der Waals surface area contributed by atoms with Crippen molar-refractivity contribution < 1.29 is 18.7 Å². The van der Waals surface area contributed by atoms with Crippen molar-refractivity contribution in [3.63, 3.8) is 0 Å². The van der Waals surface area contributed by atoms with E-state index in [0.717, 1.165) is 0 Å². The molecule has 0 radical (unpaired) electrons. The van der Waals surface area contributed by atoms with E-state index in [-0.39, 0.29) is 22.2 Å². The Hall–Kier alpha value is -1.82. The van der Waals surface area contributed by atoms with Crippen LogP contribution < -0.4 is 5.32 Å². The Bertz CT molecular complexity index is 743. The fourth-order valence-corrected chi connectivity index (χ4v) is 2.71. The maximum absolute atomic E-state index is 12.8. The van der Waals surface area contributed by atoms with Gasteiger partial charge in [0.05, 0.1) is 22.2 Å². The van der Waals surface area contributed by atoms with Gasteiger partial charge in [0.2, 0.25) is 0 Å². The molecule has 24 heavy (non-hydrogen) atoms. The van der Waals surface area contributed by atoms with Crippen LogP contribution in [0.2, 0.25) is 15.1 Å². The number of rotatable bonds is 5. The van der Waals surface area contributed by atoms with E-state index in [2.05, 4.69) is 5.32 Å². The zero-order valence-corrected chi connectivity index (χ0v) is 14.4. The number of esters is 1. The van der Waals surface area contributed by atoms with Crippen LogP contribution in [-0.4, -0.2) is 18.5 Å². The number of carbonyl (C=O) groups is 2. The first-order valence-electron chi connectivity index (χ1n) is 6.69. The molecule has 1 N–H and O–H groups in total. The monoisotopic (exact) mass is 389 g/mol. The fourth-order valence-electron chi connectivity index (χ4n) is 1.80. The average Bonchev–Trinajstić information content (AvgIpc) is 2.51. The summed E-state index contributed by atoms with van der Waals surface area (Å²) in [5.41, 5.74) is 0.757. The van der Waals surface area contributed by atoms with Crippen molar-refractivity contribution in [1.82, 2.24) is 0 Å². The predicted octanol–water partition coefficient (Wildman–Crippen LogP) is 4.51. The topological polar surface area (TPSA) is 55.4 Å². The number of amides is 1. The molecule has 0 heterocycles. The molecule has 0 fully saturated rings. The number of hydrogen-bond acceptors (Lipinski definition) is 3. The Kier molecular flexibility index (Phi) is 6.43. The van der Waals surface area contributed by atoms with Gasteiger partial charge in [-0.05, 0) is 29.8 Å². The van der Waals surface area contributed by atoms with Crippen LogP contribution in [0.15, 0.2) is 36.4 Å². The summed E-state index contributed by atoms with van der Waals surface area (Å²) in [5.74, 6) is -1.62. The summed E-state index contributed by atoms with van der Waals surface area (Å²) in [4.78, 5) is 23.5. The lowest BCUT2D eigenvalue weighted by molar-refractivity contribution is -0.146. The molecule has 0 bridgehead atoms. The number of benzene rings is 2. The van der Waals surface area contributed by atoms with Gasteiger partial charge in [0.15, 0.2) is 6.61 Å². The Morgan fingerprint density at radius 1 is 1.04 bits per heavy atom. The van der Waals surface area contributed by atoms with Crippen LogP contribution in [0.1, 0.15) is 5.56 Å². The summed E-state index contributed by atoms with van der Waals surface area (Å²) >= 11 is 17.7. The van der Waals surface area contributed by atoms with Crippen molar-refractivity contribution in [2.45, 2.75) is 6.42 Å².